The predicted molar refractivity (Wildman–Crippen MR) is 121 cm³/mol. The summed E-state index contributed by atoms with van der Waals surface area (Å²) in [5, 5.41) is 12.9. The third-order valence-corrected chi connectivity index (χ3v) is 7.88. The van der Waals surface area contributed by atoms with Gasteiger partial charge in [0.2, 0.25) is 11.8 Å². The van der Waals surface area contributed by atoms with Crippen molar-refractivity contribution in [1.82, 2.24) is 4.90 Å². The summed E-state index contributed by atoms with van der Waals surface area (Å²) in [5.74, 6) is -2.72. The zero-order valence-electron chi connectivity index (χ0n) is 20.0. The Labute approximate surface area is 194 Å². The Bertz CT molecular complexity index is 959. The molecule has 2 N–H and O–H groups in total. The average Bonchev–Trinajstić information content (AvgIpc) is 3.39. The Morgan fingerprint density at radius 3 is 2.52 bits per heavy atom. The highest BCUT2D eigenvalue weighted by molar-refractivity contribution is 6.04. The van der Waals surface area contributed by atoms with E-state index in [4.69, 9.17) is 9.47 Å². The number of carbonyl (C=O) groups is 3. The summed E-state index contributed by atoms with van der Waals surface area (Å²) in [7, 11) is 0. The Hall–Kier alpha value is -2.45. The predicted octanol–water partition coefficient (Wildman–Crippen LogP) is 2.34. The summed E-state index contributed by atoms with van der Waals surface area (Å²) in [4.78, 5) is 42.1. The number of amides is 2. The lowest BCUT2D eigenvalue weighted by Crippen LogP contribution is -2.56. The molecule has 3 aliphatic heterocycles. The molecule has 2 unspecified atom stereocenters. The molecule has 1 aromatic carbocycles. The van der Waals surface area contributed by atoms with Gasteiger partial charge in [0, 0.05) is 5.69 Å². The highest BCUT2D eigenvalue weighted by atomic mass is 16.6. The number of rotatable bonds is 7. The maximum absolute atomic E-state index is 13.8. The molecule has 180 valence electrons. The number of fused-ring (bicyclic) bond motifs is 1. The van der Waals surface area contributed by atoms with Crippen LogP contribution in [0.5, 0.6) is 0 Å². The first-order valence-corrected chi connectivity index (χ1v) is 11.8. The van der Waals surface area contributed by atoms with Crippen molar-refractivity contribution in [3.8, 4) is 0 Å². The summed E-state index contributed by atoms with van der Waals surface area (Å²) in [6, 6.07) is 4.19. The van der Waals surface area contributed by atoms with Crippen LogP contribution >= 0.6 is 0 Å². The maximum Gasteiger partial charge on any atom is 0.312 e. The minimum absolute atomic E-state index is 0.205. The number of hydrogen-bond acceptors (Lipinski definition) is 6. The summed E-state index contributed by atoms with van der Waals surface area (Å²) in [6.07, 6.45) is 1.61. The van der Waals surface area contributed by atoms with Gasteiger partial charge in [0.15, 0.2) is 0 Å². The molecule has 3 aliphatic rings. The SMILES string of the molecule is CCOC(=O)[C@H]1[C@H]2C(=O)N([C@H](C)CO)C(C(=O)Nc3c(C)cccc3C)C23CC[C@]1(CC)O3. The number of anilines is 1. The van der Waals surface area contributed by atoms with E-state index in [2.05, 4.69) is 5.32 Å². The summed E-state index contributed by atoms with van der Waals surface area (Å²) >= 11 is 0. The first kappa shape index (κ1) is 23.7. The van der Waals surface area contributed by atoms with Crippen molar-refractivity contribution < 1.29 is 29.0 Å². The molecule has 1 aromatic rings. The number of aliphatic hydroxyl groups excluding tert-OH is 1. The van der Waals surface area contributed by atoms with Gasteiger partial charge in [-0.25, -0.2) is 0 Å². The highest BCUT2D eigenvalue weighted by Gasteiger charge is 2.79. The fraction of sp³-hybridized carbons (Fsp3) is 0.640. The van der Waals surface area contributed by atoms with Crippen LogP contribution in [-0.2, 0) is 23.9 Å². The standard InChI is InChI=1S/C25H34N2O6/c1-6-24-11-12-25(33-24)17(18(24)23(31)32-7-2)22(30)27(16(5)13-28)20(25)21(29)26-19-14(3)9-8-10-15(19)4/h8-10,16-18,20,28H,6-7,11-13H2,1-5H3,(H,26,29)/t16-,17+,18-,20?,24+,25?/m1/s1. The Morgan fingerprint density at radius 1 is 1.27 bits per heavy atom. The van der Waals surface area contributed by atoms with Crippen molar-refractivity contribution in [2.24, 2.45) is 11.8 Å². The molecule has 0 radical (unpaired) electrons. The maximum atomic E-state index is 13.8. The number of nitrogens with zero attached hydrogens (tertiary/aromatic N) is 1. The number of carbonyl (C=O) groups excluding carboxylic acids is 3. The van der Waals surface area contributed by atoms with Crippen LogP contribution in [0.2, 0.25) is 0 Å². The molecular formula is C25H34N2O6. The summed E-state index contributed by atoms with van der Waals surface area (Å²) < 4.78 is 12.0. The van der Waals surface area contributed by atoms with E-state index in [-0.39, 0.29) is 25.0 Å². The van der Waals surface area contributed by atoms with Gasteiger partial charge in [-0.15, -0.1) is 0 Å². The van der Waals surface area contributed by atoms with Crippen LogP contribution < -0.4 is 5.32 Å². The fourth-order valence-corrected chi connectivity index (χ4v) is 6.31. The van der Waals surface area contributed by atoms with Gasteiger partial charge in [0.25, 0.3) is 0 Å². The molecule has 2 amide bonds. The number of hydrogen-bond donors (Lipinski definition) is 2. The third-order valence-electron chi connectivity index (χ3n) is 7.88. The number of nitrogens with one attached hydrogen (secondary N) is 1. The van der Waals surface area contributed by atoms with Crippen LogP contribution in [0, 0.1) is 25.7 Å². The van der Waals surface area contributed by atoms with Crippen LogP contribution in [0.4, 0.5) is 5.69 Å². The van der Waals surface area contributed by atoms with Crippen LogP contribution in [0.15, 0.2) is 18.2 Å². The Balaban J connectivity index is 1.80. The van der Waals surface area contributed by atoms with Gasteiger partial charge in [-0.05, 0) is 58.1 Å². The lowest BCUT2D eigenvalue weighted by molar-refractivity contribution is -0.161. The highest BCUT2D eigenvalue weighted by Crippen LogP contribution is 2.64. The molecule has 3 fully saturated rings. The Kier molecular flexibility index (Phi) is 6.03. The molecule has 2 bridgehead atoms. The van der Waals surface area contributed by atoms with E-state index in [0.29, 0.717) is 24.9 Å². The van der Waals surface area contributed by atoms with Crippen molar-refractivity contribution in [3.63, 3.8) is 0 Å². The van der Waals surface area contributed by atoms with Crippen LogP contribution in [-0.4, -0.2) is 64.3 Å². The molecule has 0 aromatic heterocycles. The number of ether oxygens (including phenoxy) is 2. The lowest BCUT2D eigenvalue weighted by Gasteiger charge is -2.36. The smallest absolute Gasteiger partial charge is 0.312 e. The number of benzene rings is 1. The Morgan fingerprint density at radius 2 is 1.94 bits per heavy atom. The molecule has 6 atom stereocenters. The van der Waals surface area contributed by atoms with Crippen molar-refractivity contribution >= 4 is 23.5 Å². The molecule has 3 heterocycles. The van der Waals surface area contributed by atoms with Gasteiger partial charge in [0.1, 0.15) is 17.6 Å². The average molecular weight is 459 g/mol. The second-order valence-corrected chi connectivity index (χ2v) is 9.62. The molecule has 8 heteroatoms. The fourth-order valence-electron chi connectivity index (χ4n) is 6.31. The molecule has 33 heavy (non-hydrogen) atoms. The molecular weight excluding hydrogens is 424 g/mol. The van der Waals surface area contributed by atoms with Gasteiger partial charge in [0.05, 0.1) is 30.8 Å². The zero-order valence-corrected chi connectivity index (χ0v) is 20.0. The number of aliphatic hydroxyl groups is 1. The number of likely N-dealkylation sites (tertiary alicyclic amines) is 1. The molecule has 1 spiro atoms. The van der Waals surface area contributed by atoms with Crippen LogP contribution in [0.3, 0.4) is 0 Å². The largest absolute Gasteiger partial charge is 0.466 e. The van der Waals surface area contributed by atoms with Gasteiger partial charge >= 0.3 is 5.97 Å². The first-order valence-electron chi connectivity index (χ1n) is 11.8. The van der Waals surface area contributed by atoms with Crippen molar-refractivity contribution in [2.45, 2.75) is 77.2 Å². The number of esters is 1. The van der Waals surface area contributed by atoms with E-state index in [1.807, 2.05) is 39.0 Å². The first-order chi connectivity index (χ1) is 15.7. The van der Waals surface area contributed by atoms with Crippen molar-refractivity contribution in [3.05, 3.63) is 29.3 Å². The number of para-hydroxylation sites is 1. The van der Waals surface area contributed by atoms with Gasteiger partial charge in [-0.3, -0.25) is 14.4 Å². The van der Waals surface area contributed by atoms with E-state index in [1.165, 1.54) is 4.90 Å². The van der Waals surface area contributed by atoms with Crippen molar-refractivity contribution in [2.75, 3.05) is 18.5 Å². The van der Waals surface area contributed by atoms with Gasteiger partial charge in [-0.2, -0.15) is 0 Å². The molecule has 0 aliphatic carbocycles. The zero-order chi connectivity index (χ0) is 24.1. The van der Waals surface area contributed by atoms with E-state index in [1.54, 1.807) is 13.8 Å². The van der Waals surface area contributed by atoms with E-state index < -0.39 is 41.1 Å². The van der Waals surface area contributed by atoms with Crippen LogP contribution in [0.1, 0.15) is 51.2 Å². The second kappa shape index (κ2) is 8.40. The summed E-state index contributed by atoms with van der Waals surface area (Å²) in [5.41, 5.74) is 0.572. The van der Waals surface area contributed by atoms with Gasteiger partial charge < -0.3 is 24.8 Å². The topological polar surface area (TPSA) is 105 Å². The quantitative estimate of drug-likeness (QED) is 0.608. The normalized spacial score (nSPS) is 33.2. The monoisotopic (exact) mass is 458 g/mol. The van der Waals surface area contributed by atoms with E-state index in [9.17, 15) is 19.5 Å². The molecule has 0 saturated carbocycles. The van der Waals surface area contributed by atoms with Crippen LogP contribution in [0.25, 0.3) is 0 Å². The minimum atomic E-state index is -1.13. The molecule has 4 rings (SSSR count). The minimum Gasteiger partial charge on any atom is -0.466 e. The van der Waals surface area contributed by atoms with Crippen molar-refractivity contribution in [1.29, 1.82) is 0 Å². The van der Waals surface area contributed by atoms with E-state index in [0.717, 1.165) is 11.1 Å². The summed E-state index contributed by atoms with van der Waals surface area (Å²) in [6.45, 7) is 9.11. The lowest BCUT2D eigenvalue weighted by atomic mass is 9.65. The van der Waals surface area contributed by atoms with Gasteiger partial charge in [-0.1, -0.05) is 25.1 Å². The third kappa shape index (κ3) is 3.29. The molecule has 8 nitrogen and oxygen atoms in total. The molecule has 3 saturated heterocycles. The van der Waals surface area contributed by atoms with E-state index >= 15 is 0 Å². The second-order valence-electron chi connectivity index (χ2n) is 9.62. The number of aryl methyl sites for hydroxylation is 2.